The first-order valence-corrected chi connectivity index (χ1v) is 10.1. The molecule has 0 saturated carbocycles. The summed E-state index contributed by atoms with van der Waals surface area (Å²) < 4.78 is 22.6. The van der Waals surface area contributed by atoms with Gasteiger partial charge in [-0.1, -0.05) is 42.5 Å². The summed E-state index contributed by atoms with van der Waals surface area (Å²) in [5.74, 6) is 1.38. The Bertz CT molecular complexity index is 955. The third-order valence-electron chi connectivity index (χ3n) is 4.65. The van der Waals surface area contributed by atoms with Crippen LogP contribution >= 0.6 is 0 Å². The van der Waals surface area contributed by atoms with Crippen LogP contribution < -0.4 is 9.47 Å². The number of fused-ring (bicyclic) bond motifs is 1. The Labute approximate surface area is 176 Å². The van der Waals surface area contributed by atoms with E-state index in [1.807, 2.05) is 54.7 Å². The van der Waals surface area contributed by atoms with Gasteiger partial charge in [0.15, 0.2) is 11.5 Å². The molecule has 5 heteroatoms. The largest absolute Gasteiger partial charge is 0.487 e. The van der Waals surface area contributed by atoms with Gasteiger partial charge in [0.05, 0.1) is 32.1 Å². The average molecular weight is 403 g/mol. The Balaban J connectivity index is 1.46. The Kier molecular flexibility index (Phi) is 7.10. The second kappa shape index (κ2) is 10.6. The molecule has 0 fully saturated rings. The minimum Gasteiger partial charge on any atom is -0.487 e. The molecule has 154 valence electrons. The van der Waals surface area contributed by atoms with Crippen LogP contribution in [0.25, 0.3) is 11.1 Å². The fourth-order valence-corrected chi connectivity index (χ4v) is 3.10. The Morgan fingerprint density at radius 2 is 1.23 bits per heavy atom. The lowest BCUT2D eigenvalue weighted by molar-refractivity contribution is 0.0223. The number of benzene rings is 3. The van der Waals surface area contributed by atoms with E-state index in [9.17, 15) is 0 Å². The predicted molar refractivity (Wildman–Crippen MR) is 118 cm³/mol. The molecule has 0 saturated heterocycles. The molecule has 3 aromatic carbocycles. The van der Waals surface area contributed by atoms with E-state index in [0.29, 0.717) is 51.1 Å². The highest BCUT2D eigenvalue weighted by Crippen LogP contribution is 2.28. The van der Waals surface area contributed by atoms with E-state index in [1.54, 1.807) is 0 Å². The lowest BCUT2D eigenvalue weighted by Crippen LogP contribution is -2.15. The first-order valence-electron chi connectivity index (χ1n) is 10.1. The van der Waals surface area contributed by atoms with E-state index < -0.39 is 0 Å². The molecule has 1 aliphatic heterocycles. The molecule has 4 rings (SSSR count). The highest BCUT2D eigenvalue weighted by Gasteiger charge is 2.08. The van der Waals surface area contributed by atoms with Crippen LogP contribution in [0.5, 0.6) is 11.5 Å². The van der Waals surface area contributed by atoms with Crippen LogP contribution in [0.3, 0.4) is 0 Å². The SMILES string of the molecule is C(=Nc1ccc(-c2ccccc2)cc1)c1ccc2c(c1)OCCOCCOCCO2. The highest BCUT2D eigenvalue weighted by atomic mass is 16.6. The van der Waals surface area contributed by atoms with Crippen LogP contribution in [0.1, 0.15) is 5.56 Å². The monoisotopic (exact) mass is 403 g/mol. The van der Waals surface area contributed by atoms with Crippen LogP contribution in [0.2, 0.25) is 0 Å². The fraction of sp³-hybridized carbons (Fsp3) is 0.240. The number of rotatable bonds is 3. The van der Waals surface area contributed by atoms with Gasteiger partial charge in [0, 0.05) is 6.21 Å². The van der Waals surface area contributed by atoms with Gasteiger partial charge in [-0.25, -0.2) is 0 Å². The van der Waals surface area contributed by atoms with E-state index in [1.165, 1.54) is 11.1 Å². The zero-order valence-corrected chi connectivity index (χ0v) is 16.8. The quantitative estimate of drug-likeness (QED) is 0.583. The summed E-state index contributed by atoms with van der Waals surface area (Å²) in [7, 11) is 0. The molecule has 30 heavy (non-hydrogen) atoms. The number of hydrogen-bond donors (Lipinski definition) is 0. The molecule has 1 heterocycles. The molecule has 3 aromatic rings. The normalized spacial score (nSPS) is 15.3. The summed E-state index contributed by atoms with van der Waals surface area (Å²) in [5, 5.41) is 0. The number of hydrogen-bond acceptors (Lipinski definition) is 5. The van der Waals surface area contributed by atoms with Gasteiger partial charge in [0.2, 0.25) is 0 Å². The van der Waals surface area contributed by atoms with Crippen LogP contribution in [-0.2, 0) is 9.47 Å². The van der Waals surface area contributed by atoms with Gasteiger partial charge in [0.25, 0.3) is 0 Å². The number of nitrogens with zero attached hydrogens (tertiary/aromatic N) is 1. The van der Waals surface area contributed by atoms with Gasteiger partial charge in [0.1, 0.15) is 13.2 Å². The summed E-state index contributed by atoms with van der Waals surface area (Å²) in [6, 6.07) is 24.3. The highest BCUT2D eigenvalue weighted by molar-refractivity contribution is 5.83. The third-order valence-corrected chi connectivity index (χ3v) is 4.65. The lowest BCUT2D eigenvalue weighted by Gasteiger charge is -2.15. The van der Waals surface area contributed by atoms with Crippen molar-refractivity contribution >= 4 is 11.9 Å². The lowest BCUT2D eigenvalue weighted by atomic mass is 10.1. The molecule has 0 spiro atoms. The van der Waals surface area contributed by atoms with Crippen molar-refractivity contribution in [3.8, 4) is 22.6 Å². The molecular formula is C25H25NO4. The van der Waals surface area contributed by atoms with E-state index in [0.717, 1.165) is 11.3 Å². The number of aliphatic imine (C=N–C) groups is 1. The summed E-state index contributed by atoms with van der Waals surface area (Å²) in [4.78, 5) is 4.60. The first kappa shape index (κ1) is 20.1. The van der Waals surface area contributed by atoms with E-state index in [4.69, 9.17) is 18.9 Å². The molecular weight excluding hydrogens is 378 g/mol. The molecule has 0 unspecified atom stereocenters. The fourth-order valence-electron chi connectivity index (χ4n) is 3.10. The van der Waals surface area contributed by atoms with Gasteiger partial charge in [-0.3, -0.25) is 4.99 Å². The Morgan fingerprint density at radius 3 is 1.97 bits per heavy atom. The van der Waals surface area contributed by atoms with Gasteiger partial charge >= 0.3 is 0 Å². The summed E-state index contributed by atoms with van der Waals surface area (Å²) in [6.45, 7) is 3.08. The van der Waals surface area contributed by atoms with Crippen molar-refractivity contribution < 1.29 is 18.9 Å². The molecule has 0 amide bonds. The minimum atomic E-state index is 0.456. The van der Waals surface area contributed by atoms with Crippen molar-refractivity contribution in [2.24, 2.45) is 4.99 Å². The van der Waals surface area contributed by atoms with Crippen LogP contribution in [-0.4, -0.2) is 45.9 Å². The maximum Gasteiger partial charge on any atom is 0.161 e. The predicted octanol–water partition coefficient (Wildman–Crippen LogP) is 4.91. The minimum absolute atomic E-state index is 0.456. The summed E-state index contributed by atoms with van der Waals surface area (Å²) in [5.41, 5.74) is 4.20. The van der Waals surface area contributed by atoms with Crippen molar-refractivity contribution in [1.82, 2.24) is 0 Å². The van der Waals surface area contributed by atoms with Gasteiger partial charge in [-0.15, -0.1) is 0 Å². The van der Waals surface area contributed by atoms with Crippen molar-refractivity contribution in [3.05, 3.63) is 78.4 Å². The van der Waals surface area contributed by atoms with Crippen molar-refractivity contribution in [2.75, 3.05) is 39.6 Å². The second-order valence-electron chi connectivity index (χ2n) is 6.80. The number of ether oxygens (including phenoxy) is 4. The van der Waals surface area contributed by atoms with Gasteiger partial charge in [-0.2, -0.15) is 0 Å². The van der Waals surface area contributed by atoms with Crippen molar-refractivity contribution in [2.45, 2.75) is 0 Å². The first-order chi connectivity index (χ1) is 14.9. The smallest absolute Gasteiger partial charge is 0.161 e. The third kappa shape index (κ3) is 5.69. The van der Waals surface area contributed by atoms with Crippen LogP contribution in [0, 0.1) is 0 Å². The summed E-state index contributed by atoms with van der Waals surface area (Å²) >= 11 is 0. The summed E-state index contributed by atoms with van der Waals surface area (Å²) in [6.07, 6.45) is 1.83. The maximum absolute atomic E-state index is 5.87. The molecule has 0 atom stereocenters. The van der Waals surface area contributed by atoms with Crippen molar-refractivity contribution in [3.63, 3.8) is 0 Å². The molecule has 0 bridgehead atoms. The van der Waals surface area contributed by atoms with Crippen LogP contribution in [0.4, 0.5) is 5.69 Å². The zero-order valence-electron chi connectivity index (χ0n) is 16.8. The molecule has 0 N–H and O–H groups in total. The molecule has 0 radical (unpaired) electrons. The molecule has 5 nitrogen and oxygen atoms in total. The zero-order chi connectivity index (χ0) is 20.4. The average Bonchev–Trinajstić information content (AvgIpc) is 2.79. The van der Waals surface area contributed by atoms with E-state index in [-0.39, 0.29) is 0 Å². The second-order valence-corrected chi connectivity index (χ2v) is 6.80. The Hall–Kier alpha value is -3.15. The Morgan fingerprint density at radius 1 is 0.600 bits per heavy atom. The van der Waals surface area contributed by atoms with Gasteiger partial charge in [-0.05, 0) is 47.0 Å². The standard InChI is InChI=1S/C25H25NO4/c1-2-4-21(5-3-1)22-7-9-23(10-8-22)26-19-20-6-11-24-25(18-20)30-17-15-28-13-12-27-14-16-29-24/h1-11,18-19H,12-17H2. The maximum atomic E-state index is 5.87. The van der Waals surface area contributed by atoms with Crippen LogP contribution in [0.15, 0.2) is 77.8 Å². The van der Waals surface area contributed by atoms with E-state index in [2.05, 4.69) is 29.3 Å². The topological polar surface area (TPSA) is 49.3 Å². The molecule has 1 aliphatic rings. The molecule has 0 aromatic heterocycles. The molecule has 0 aliphatic carbocycles. The van der Waals surface area contributed by atoms with Crippen molar-refractivity contribution in [1.29, 1.82) is 0 Å². The van der Waals surface area contributed by atoms with Gasteiger partial charge < -0.3 is 18.9 Å². The van der Waals surface area contributed by atoms with E-state index >= 15 is 0 Å².